The fraction of sp³-hybridized carbons (Fsp3) is 0.417. The van der Waals surface area contributed by atoms with Gasteiger partial charge in [-0.15, -0.1) is 0 Å². The summed E-state index contributed by atoms with van der Waals surface area (Å²) in [7, 11) is 0. The van der Waals surface area contributed by atoms with Crippen molar-refractivity contribution in [3.63, 3.8) is 0 Å². The molecule has 2 rings (SSSR count). The van der Waals surface area contributed by atoms with Gasteiger partial charge in [-0.05, 0) is 31.0 Å². The lowest BCUT2D eigenvalue weighted by molar-refractivity contribution is 0.0678. The first kappa shape index (κ1) is 10.8. The first-order valence-corrected chi connectivity index (χ1v) is 5.33. The first-order valence-electron chi connectivity index (χ1n) is 5.33. The molecule has 16 heavy (non-hydrogen) atoms. The third-order valence-corrected chi connectivity index (χ3v) is 2.57. The van der Waals surface area contributed by atoms with Crippen molar-refractivity contribution in [3.8, 4) is 11.8 Å². The maximum absolute atomic E-state index is 8.92. The number of nitrogens with two attached hydrogens (primary N) is 1. The van der Waals surface area contributed by atoms with Gasteiger partial charge in [0.25, 0.3) is 0 Å². The van der Waals surface area contributed by atoms with Gasteiger partial charge < -0.3 is 15.2 Å². The van der Waals surface area contributed by atoms with E-state index >= 15 is 0 Å². The van der Waals surface area contributed by atoms with Crippen molar-refractivity contribution in [1.29, 1.82) is 5.26 Å². The topological polar surface area (TPSA) is 68.3 Å². The fourth-order valence-electron chi connectivity index (χ4n) is 1.72. The summed E-state index contributed by atoms with van der Waals surface area (Å²) in [4.78, 5) is 0. The number of rotatable bonds is 3. The molecule has 2 N–H and O–H groups in total. The summed E-state index contributed by atoms with van der Waals surface area (Å²) in [5, 5.41) is 8.92. The van der Waals surface area contributed by atoms with Gasteiger partial charge in [0.1, 0.15) is 18.4 Å². The van der Waals surface area contributed by atoms with E-state index in [2.05, 4.69) is 6.07 Å². The standard InChI is InChI=1S/C12H14N2O2/c13-7-9-6-10(14)3-4-12(9)16-8-11-2-1-5-15-11/h3-4,6,11H,1-2,5,8,14H2. The second-order valence-electron chi connectivity index (χ2n) is 3.81. The van der Waals surface area contributed by atoms with Crippen molar-refractivity contribution in [2.24, 2.45) is 0 Å². The van der Waals surface area contributed by atoms with E-state index in [1.165, 1.54) is 0 Å². The third kappa shape index (κ3) is 2.44. The smallest absolute Gasteiger partial charge is 0.137 e. The van der Waals surface area contributed by atoms with Crippen LogP contribution >= 0.6 is 0 Å². The Morgan fingerprint density at radius 1 is 1.56 bits per heavy atom. The molecule has 0 saturated carbocycles. The van der Waals surface area contributed by atoms with E-state index < -0.39 is 0 Å². The number of benzene rings is 1. The minimum Gasteiger partial charge on any atom is -0.489 e. The van der Waals surface area contributed by atoms with Crippen LogP contribution in [0.5, 0.6) is 5.75 Å². The summed E-state index contributed by atoms with van der Waals surface area (Å²) in [5.41, 5.74) is 6.63. The number of hydrogen-bond donors (Lipinski definition) is 1. The zero-order chi connectivity index (χ0) is 11.4. The molecule has 1 heterocycles. The van der Waals surface area contributed by atoms with Gasteiger partial charge in [0.15, 0.2) is 0 Å². The molecule has 0 aliphatic carbocycles. The summed E-state index contributed by atoms with van der Waals surface area (Å²) < 4.78 is 11.0. The van der Waals surface area contributed by atoms with Crippen LogP contribution < -0.4 is 10.5 Å². The molecule has 0 radical (unpaired) electrons. The normalized spacial score (nSPS) is 19.3. The minimum atomic E-state index is 0.157. The maximum Gasteiger partial charge on any atom is 0.137 e. The molecule has 84 valence electrons. The molecule has 1 saturated heterocycles. The predicted octanol–water partition coefficient (Wildman–Crippen LogP) is 1.70. The van der Waals surface area contributed by atoms with Crippen LogP contribution in [0.15, 0.2) is 18.2 Å². The average molecular weight is 218 g/mol. The van der Waals surface area contributed by atoms with Crippen LogP contribution in [0.1, 0.15) is 18.4 Å². The van der Waals surface area contributed by atoms with Crippen LogP contribution in [0.4, 0.5) is 5.69 Å². The Morgan fingerprint density at radius 3 is 3.12 bits per heavy atom. The van der Waals surface area contributed by atoms with Crippen LogP contribution in [-0.2, 0) is 4.74 Å². The number of nitrogen functional groups attached to an aromatic ring is 1. The Hall–Kier alpha value is -1.73. The Morgan fingerprint density at radius 2 is 2.44 bits per heavy atom. The van der Waals surface area contributed by atoms with E-state index in [0.29, 0.717) is 23.6 Å². The summed E-state index contributed by atoms with van der Waals surface area (Å²) in [5.74, 6) is 0.576. The number of ether oxygens (including phenoxy) is 2. The van der Waals surface area contributed by atoms with Crippen LogP contribution in [0.3, 0.4) is 0 Å². The van der Waals surface area contributed by atoms with Crippen molar-refractivity contribution in [2.45, 2.75) is 18.9 Å². The van der Waals surface area contributed by atoms with Crippen LogP contribution in [0, 0.1) is 11.3 Å². The number of nitrogens with zero attached hydrogens (tertiary/aromatic N) is 1. The lowest BCUT2D eigenvalue weighted by Gasteiger charge is -2.12. The molecular weight excluding hydrogens is 204 g/mol. The lowest BCUT2D eigenvalue weighted by atomic mass is 10.2. The molecular formula is C12H14N2O2. The summed E-state index contributed by atoms with van der Waals surface area (Å²) >= 11 is 0. The molecule has 1 fully saturated rings. The van der Waals surface area contributed by atoms with Gasteiger partial charge in [-0.3, -0.25) is 0 Å². The van der Waals surface area contributed by atoms with E-state index in [4.69, 9.17) is 20.5 Å². The van der Waals surface area contributed by atoms with Gasteiger partial charge in [0, 0.05) is 12.3 Å². The zero-order valence-electron chi connectivity index (χ0n) is 8.98. The number of nitriles is 1. The van der Waals surface area contributed by atoms with Crippen LogP contribution in [0.2, 0.25) is 0 Å². The van der Waals surface area contributed by atoms with E-state index in [-0.39, 0.29) is 6.10 Å². The number of anilines is 1. The van der Waals surface area contributed by atoms with Crippen molar-refractivity contribution in [2.75, 3.05) is 18.9 Å². The van der Waals surface area contributed by atoms with Gasteiger partial charge in [-0.25, -0.2) is 0 Å². The highest BCUT2D eigenvalue weighted by Crippen LogP contribution is 2.22. The maximum atomic E-state index is 8.92. The molecule has 1 unspecified atom stereocenters. The molecule has 0 aromatic heterocycles. The second kappa shape index (κ2) is 4.86. The van der Waals surface area contributed by atoms with Gasteiger partial charge >= 0.3 is 0 Å². The minimum absolute atomic E-state index is 0.157. The van der Waals surface area contributed by atoms with Crippen molar-refractivity contribution in [1.82, 2.24) is 0 Å². The average Bonchev–Trinajstić information content (AvgIpc) is 2.80. The molecule has 4 heteroatoms. The summed E-state index contributed by atoms with van der Waals surface area (Å²) in [6, 6.07) is 7.13. The Labute approximate surface area is 94.6 Å². The van der Waals surface area contributed by atoms with E-state index in [0.717, 1.165) is 19.4 Å². The fourth-order valence-corrected chi connectivity index (χ4v) is 1.72. The van der Waals surface area contributed by atoms with Gasteiger partial charge in [0.05, 0.1) is 11.7 Å². The molecule has 4 nitrogen and oxygen atoms in total. The monoisotopic (exact) mass is 218 g/mol. The lowest BCUT2D eigenvalue weighted by Crippen LogP contribution is -2.16. The van der Waals surface area contributed by atoms with Gasteiger partial charge in [-0.2, -0.15) is 5.26 Å². The molecule has 1 aliphatic rings. The largest absolute Gasteiger partial charge is 0.489 e. The number of hydrogen-bond acceptors (Lipinski definition) is 4. The van der Waals surface area contributed by atoms with E-state index in [1.54, 1.807) is 18.2 Å². The van der Waals surface area contributed by atoms with Crippen LogP contribution in [0.25, 0.3) is 0 Å². The van der Waals surface area contributed by atoms with Gasteiger partial charge in [0.2, 0.25) is 0 Å². The Kier molecular flexibility index (Phi) is 3.28. The second-order valence-corrected chi connectivity index (χ2v) is 3.81. The zero-order valence-corrected chi connectivity index (χ0v) is 8.98. The predicted molar refractivity (Wildman–Crippen MR) is 60.0 cm³/mol. The molecule has 0 bridgehead atoms. The SMILES string of the molecule is N#Cc1cc(N)ccc1OCC1CCCO1. The Balaban J connectivity index is 2.00. The molecule has 1 aromatic carbocycles. The van der Waals surface area contributed by atoms with E-state index in [1.807, 2.05) is 0 Å². The Bertz CT molecular complexity index is 406. The highest BCUT2D eigenvalue weighted by atomic mass is 16.5. The third-order valence-electron chi connectivity index (χ3n) is 2.57. The summed E-state index contributed by atoms with van der Waals surface area (Å²) in [6.07, 6.45) is 2.27. The molecule has 1 aromatic rings. The van der Waals surface area contributed by atoms with Crippen molar-refractivity contribution < 1.29 is 9.47 Å². The molecule has 0 amide bonds. The molecule has 1 aliphatic heterocycles. The van der Waals surface area contributed by atoms with Crippen molar-refractivity contribution >= 4 is 5.69 Å². The van der Waals surface area contributed by atoms with Crippen molar-refractivity contribution in [3.05, 3.63) is 23.8 Å². The molecule has 1 atom stereocenters. The van der Waals surface area contributed by atoms with Crippen LogP contribution in [-0.4, -0.2) is 19.3 Å². The highest BCUT2D eigenvalue weighted by molar-refractivity contribution is 5.53. The van der Waals surface area contributed by atoms with E-state index in [9.17, 15) is 0 Å². The van der Waals surface area contributed by atoms with Gasteiger partial charge in [-0.1, -0.05) is 0 Å². The highest BCUT2D eigenvalue weighted by Gasteiger charge is 2.16. The first-order chi connectivity index (χ1) is 7.79. The quantitative estimate of drug-likeness (QED) is 0.784. The molecule has 0 spiro atoms. The summed E-state index contributed by atoms with van der Waals surface area (Å²) in [6.45, 7) is 1.31.